The fourth-order valence-electron chi connectivity index (χ4n) is 2.92. The van der Waals surface area contributed by atoms with Crippen LogP contribution >= 0.6 is 23.2 Å². The van der Waals surface area contributed by atoms with E-state index >= 15 is 0 Å². The number of hydrogen-bond acceptors (Lipinski definition) is 4. The molecule has 1 aliphatic heterocycles. The highest BCUT2D eigenvalue weighted by atomic mass is 35.5. The number of nitrogens with zero attached hydrogens (tertiary/aromatic N) is 2. The van der Waals surface area contributed by atoms with Gasteiger partial charge in [0.15, 0.2) is 0 Å². The summed E-state index contributed by atoms with van der Waals surface area (Å²) in [5.41, 5.74) is 0.797. The second-order valence-electron chi connectivity index (χ2n) is 5.66. The smallest absolute Gasteiger partial charge is 0.325 e. The van der Waals surface area contributed by atoms with E-state index in [2.05, 4.69) is 0 Å². The van der Waals surface area contributed by atoms with Crippen molar-refractivity contribution in [2.24, 2.45) is 0 Å². The van der Waals surface area contributed by atoms with Crippen LogP contribution in [0.15, 0.2) is 48.5 Å². The standard InChI is InChI=1S/C19H18Cl2N2O4/c1-3-26-19(27-4-2)17(24)22(15-9-5-13(20)6-10-15)18(25)23(19)16-11-7-14(21)8-12-16/h5-12H,3-4H2,1-2H3. The maximum absolute atomic E-state index is 13.3. The van der Waals surface area contributed by atoms with Crippen molar-refractivity contribution in [2.75, 3.05) is 23.0 Å². The fraction of sp³-hybridized carbons (Fsp3) is 0.263. The highest BCUT2D eigenvalue weighted by Gasteiger charge is 2.61. The van der Waals surface area contributed by atoms with Gasteiger partial charge in [0.2, 0.25) is 0 Å². The quantitative estimate of drug-likeness (QED) is 0.513. The molecule has 1 heterocycles. The van der Waals surface area contributed by atoms with Crippen molar-refractivity contribution in [3.8, 4) is 0 Å². The summed E-state index contributed by atoms with van der Waals surface area (Å²) in [5.74, 6) is -2.53. The minimum Gasteiger partial charge on any atom is -0.325 e. The number of rotatable bonds is 6. The van der Waals surface area contributed by atoms with Crippen LogP contribution < -0.4 is 9.80 Å². The van der Waals surface area contributed by atoms with Crippen LogP contribution in [0, 0.1) is 0 Å². The summed E-state index contributed by atoms with van der Waals surface area (Å²) in [4.78, 5) is 28.8. The van der Waals surface area contributed by atoms with Gasteiger partial charge in [-0.2, -0.15) is 0 Å². The molecule has 0 radical (unpaired) electrons. The highest BCUT2D eigenvalue weighted by Crippen LogP contribution is 2.38. The molecule has 1 aliphatic rings. The van der Waals surface area contributed by atoms with Crippen LogP contribution in [0.1, 0.15) is 13.8 Å². The lowest BCUT2D eigenvalue weighted by Crippen LogP contribution is -2.54. The molecule has 2 aromatic carbocycles. The second kappa shape index (κ2) is 7.86. The van der Waals surface area contributed by atoms with Crippen molar-refractivity contribution < 1.29 is 19.1 Å². The lowest BCUT2D eigenvalue weighted by atomic mass is 10.2. The monoisotopic (exact) mass is 408 g/mol. The van der Waals surface area contributed by atoms with E-state index in [-0.39, 0.29) is 13.2 Å². The van der Waals surface area contributed by atoms with Crippen molar-refractivity contribution in [1.82, 2.24) is 0 Å². The topological polar surface area (TPSA) is 59.1 Å². The predicted octanol–water partition coefficient (Wildman–Crippen LogP) is 4.69. The molecular formula is C19H18Cl2N2O4. The molecular weight excluding hydrogens is 391 g/mol. The Morgan fingerprint density at radius 1 is 0.815 bits per heavy atom. The third-order valence-electron chi connectivity index (χ3n) is 4.00. The summed E-state index contributed by atoms with van der Waals surface area (Å²) in [6.07, 6.45) is 0. The van der Waals surface area contributed by atoms with Gasteiger partial charge in [-0.05, 0) is 62.4 Å². The number of amides is 3. The summed E-state index contributed by atoms with van der Waals surface area (Å²) in [6.45, 7) is 3.78. The molecule has 0 atom stereocenters. The molecule has 0 aliphatic carbocycles. The Morgan fingerprint density at radius 3 is 1.70 bits per heavy atom. The third kappa shape index (κ3) is 3.41. The van der Waals surface area contributed by atoms with E-state index in [9.17, 15) is 9.59 Å². The number of carbonyl (C=O) groups is 2. The molecule has 1 saturated heterocycles. The van der Waals surface area contributed by atoms with Gasteiger partial charge >= 0.3 is 17.8 Å². The maximum atomic E-state index is 13.3. The zero-order valence-electron chi connectivity index (χ0n) is 14.8. The number of halogens is 2. The van der Waals surface area contributed by atoms with Gasteiger partial charge < -0.3 is 9.47 Å². The van der Waals surface area contributed by atoms with E-state index in [1.54, 1.807) is 62.4 Å². The number of ether oxygens (including phenoxy) is 2. The Hall–Kier alpha value is -2.12. The average Bonchev–Trinajstić information content (AvgIpc) is 2.85. The molecule has 8 heteroatoms. The van der Waals surface area contributed by atoms with Crippen LogP contribution in [-0.4, -0.2) is 31.1 Å². The van der Waals surface area contributed by atoms with Gasteiger partial charge in [-0.15, -0.1) is 0 Å². The molecule has 3 amide bonds. The van der Waals surface area contributed by atoms with Gasteiger partial charge in [-0.3, -0.25) is 4.79 Å². The Kier molecular flexibility index (Phi) is 5.72. The first kappa shape index (κ1) is 19.6. The first-order chi connectivity index (χ1) is 12.9. The Balaban J connectivity index is 2.15. The number of imide groups is 1. The molecule has 142 valence electrons. The normalized spacial score (nSPS) is 16.3. The van der Waals surface area contributed by atoms with Gasteiger partial charge in [0.05, 0.1) is 11.4 Å². The lowest BCUT2D eigenvalue weighted by molar-refractivity contribution is -0.216. The van der Waals surface area contributed by atoms with Crippen molar-refractivity contribution in [2.45, 2.75) is 19.8 Å². The minimum absolute atomic E-state index is 0.164. The first-order valence-electron chi connectivity index (χ1n) is 8.42. The van der Waals surface area contributed by atoms with Crippen LogP contribution in [0.2, 0.25) is 10.0 Å². The minimum atomic E-state index is -1.89. The van der Waals surface area contributed by atoms with Crippen LogP contribution in [0.25, 0.3) is 0 Å². The van der Waals surface area contributed by atoms with Crippen molar-refractivity contribution in [3.05, 3.63) is 58.6 Å². The van der Waals surface area contributed by atoms with E-state index in [1.807, 2.05) is 0 Å². The van der Waals surface area contributed by atoms with Crippen LogP contribution in [0.5, 0.6) is 0 Å². The van der Waals surface area contributed by atoms with Gasteiger partial charge in [0.1, 0.15) is 0 Å². The average molecular weight is 409 g/mol. The van der Waals surface area contributed by atoms with Crippen molar-refractivity contribution in [3.63, 3.8) is 0 Å². The number of carbonyl (C=O) groups excluding carboxylic acids is 2. The molecule has 0 spiro atoms. The summed E-state index contributed by atoms with van der Waals surface area (Å²) >= 11 is 11.9. The summed E-state index contributed by atoms with van der Waals surface area (Å²) in [6, 6.07) is 12.3. The predicted molar refractivity (Wildman–Crippen MR) is 104 cm³/mol. The largest absolute Gasteiger partial charge is 0.344 e. The van der Waals surface area contributed by atoms with E-state index in [4.69, 9.17) is 32.7 Å². The van der Waals surface area contributed by atoms with Gasteiger partial charge in [-0.25, -0.2) is 14.6 Å². The van der Waals surface area contributed by atoms with Crippen LogP contribution in [0.4, 0.5) is 16.2 Å². The molecule has 1 fully saturated rings. The van der Waals surface area contributed by atoms with E-state index in [0.29, 0.717) is 21.4 Å². The zero-order valence-corrected chi connectivity index (χ0v) is 16.3. The molecule has 6 nitrogen and oxygen atoms in total. The van der Waals surface area contributed by atoms with Gasteiger partial charge in [0, 0.05) is 23.3 Å². The molecule has 0 saturated carbocycles. The summed E-state index contributed by atoms with van der Waals surface area (Å²) < 4.78 is 11.4. The Bertz CT molecular complexity index is 834. The maximum Gasteiger partial charge on any atom is 0.344 e. The Labute approximate surface area is 167 Å². The second-order valence-corrected chi connectivity index (χ2v) is 6.53. The Morgan fingerprint density at radius 2 is 1.26 bits per heavy atom. The summed E-state index contributed by atoms with van der Waals surface area (Å²) in [7, 11) is 0. The molecule has 3 rings (SSSR count). The molecule has 27 heavy (non-hydrogen) atoms. The third-order valence-corrected chi connectivity index (χ3v) is 4.50. The van der Waals surface area contributed by atoms with E-state index < -0.39 is 17.8 Å². The van der Waals surface area contributed by atoms with Crippen LogP contribution in [-0.2, 0) is 14.3 Å². The SMILES string of the molecule is CCOC1(OCC)C(=O)N(c2ccc(Cl)cc2)C(=O)N1c1ccc(Cl)cc1. The van der Waals surface area contributed by atoms with Crippen molar-refractivity contribution in [1.29, 1.82) is 0 Å². The molecule has 0 bridgehead atoms. The number of urea groups is 1. The van der Waals surface area contributed by atoms with Gasteiger partial charge in [0.25, 0.3) is 0 Å². The van der Waals surface area contributed by atoms with Crippen LogP contribution in [0.3, 0.4) is 0 Å². The molecule has 0 N–H and O–H groups in total. The number of hydrogen-bond donors (Lipinski definition) is 0. The molecule has 2 aromatic rings. The summed E-state index contributed by atoms with van der Waals surface area (Å²) in [5, 5.41) is 0.998. The number of anilines is 2. The lowest BCUT2D eigenvalue weighted by Gasteiger charge is -2.33. The molecule has 0 unspecified atom stereocenters. The molecule has 0 aromatic heterocycles. The number of benzene rings is 2. The first-order valence-corrected chi connectivity index (χ1v) is 9.18. The van der Waals surface area contributed by atoms with E-state index in [1.165, 1.54) is 4.90 Å². The van der Waals surface area contributed by atoms with Crippen molar-refractivity contribution >= 4 is 46.5 Å². The zero-order chi connectivity index (χ0) is 19.6. The van der Waals surface area contributed by atoms with Gasteiger partial charge in [-0.1, -0.05) is 23.2 Å². The van der Waals surface area contributed by atoms with E-state index in [0.717, 1.165) is 4.90 Å². The fourth-order valence-corrected chi connectivity index (χ4v) is 3.18. The highest BCUT2D eigenvalue weighted by molar-refractivity contribution is 6.32.